The van der Waals surface area contributed by atoms with Crippen LogP contribution in [0.15, 0.2) is 18.2 Å². The van der Waals surface area contributed by atoms with Crippen molar-refractivity contribution in [3.05, 3.63) is 28.3 Å². The predicted molar refractivity (Wildman–Crippen MR) is 83.7 cm³/mol. The Hall–Kier alpha value is -1.82. The maximum absolute atomic E-state index is 11.0. The van der Waals surface area contributed by atoms with Gasteiger partial charge in [0, 0.05) is 42.0 Å². The monoisotopic (exact) mass is 293 g/mol. The van der Waals surface area contributed by atoms with E-state index in [1.807, 2.05) is 13.0 Å². The Morgan fingerprint density at radius 1 is 1.24 bits per heavy atom. The number of hydrogen-bond acceptors (Lipinski definition) is 5. The van der Waals surface area contributed by atoms with Gasteiger partial charge in [0.1, 0.15) is 0 Å². The summed E-state index contributed by atoms with van der Waals surface area (Å²) in [4.78, 5) is 10.6. The van der Waals surface area contributed by atoms with Crippen LogP contribution >= 0.6 is 0 Å². The number of rotatable bonds is 7. The largest absolute Gasteiger partial charge is 0.396 e. The molecule has 0 amide bonds. The lowest BCUT2D eigenvalue weighted by atomic mass is 9.87. The molecular formula is C15H23N3O3. The molecule has 3 N–H and O–H groups in total. The lowest BCUT2D eigenvalue weighted by molar-refractivity contribution is -0.384. The fourth-order valence-electron chi connectivity index (χ4n) is 2.93. The molecule has 1 aromatic carbocycles. The molecule has 1 saturated carbocycles. The normalized spacial score (nSPS) is 16.7. The van der Waals surface area contributed by atoms with E-state index in [2.05, 4.69) is 10.6 Å². The molecule has 21 heavy (non-hydrogen) atoms. The molecule has 6 heteroatoms. The molecule has 0 spiro atoms. The number of nitro benzene ring substituents is 1. The van der Waals surface area contributed by atoms with E-state index >= 15 is 0 Å². The SMILES string of the molecule is CCNc1cc(NCC2(CO)CCCC2)cc([N+](=O)[O-])c1. The third-order valence-corrected chi connectivity index (χ3v) is 4.18. The van der Waals surface area contributed by atoms with Crippen molar-refractivity contribution in [3.8, 4) is 0 Å². The third kappa shape index (κ3) is 3.85. The highest BCUT2D eigenvalue weighted by Crippen LogP contribution is 2.38. The van der Waals surface area contributed by atoms with Crippen molar-refractivity contribution >= 4 is 17.1 Å². The van der Waals surface area contributed by atoms with Gasteiger partial charge in [-0.1, -0.05) is 12.8 Å². The first-order chi connectivity index (χ1) is 10.1. The molecule has 1 aliphatic rings. The molecule has 6 nitrogen and oxygen atoms in total. The fraction of sp³-hybridized carbons (Fsp3) is 0.600. The van der Waals surface area contributed by atoms with Gasteiger partial charge in [0.15, 0.2) is 0 Å². The summed E-state index contributed by atoms with van der Waals surface area (Å²) < 4.78 is 0. The molecule has 0 aromatic heterocycles. The van der Waals surface area contributed by atoms with Gasteiger partial charge >= 0.3 is 0 Å². The van der Waals surface area contributed by atoms with Gasteiger partial charge in [-0.2, -0.15) is 0 Å². The summed E-state index contributed by atoms with van der Waals surface area (Å²) in [7, 11) is 0. The Balaban J connectivity index is 2.12. The lowest BCUT2D eigenvalue weighted by Crippen LogP contribution is -2.30. The molecule has 0 radical (unpaired) electrons. The summed E-state index contributed by atoms with van der Waals surface area (Å²) in [6, 6.07) is 4.95. The van der Waals surface area contributed by atoms with Gasteiger partial charge in [-0.15, -0.1) is 0 Å². The highest BCUT2D eigenvalue weighted by Gasteiger charge is 2.32. The first kappa shape index (κ1) is 15.6. The van der Waals surface area contributed by atoms with Crippen LogP contribution in [0.1, 0.15) is 32.6 Å². The summed E-state index contributed by atoms with van der Waals surface area (Å²) >= 11 is 0. The molecule has 1 fully saturated rings. The van der Waals surface area contributed by atoms with E-state index in [0.29, 0.717) is 13.1 Å². The number of hydrogen-bond donors (Lipinski definition) is 3. The zero-order chi connectivity index (χ0) is 15.3. The van der Waals surface area contributed by atoms with E-state index in [9.17, 15) is 15.2 Å². The van der Waals surface area contributed by atoms with E-state index < -0.39 is 0 Å². The minimum absolute atomic E-state index is 0.0698. The second kappa shape index (κ2) is 6.76. The maximum atomic E-state index is 11.0. The Labute approximate surface area is 124 Å². The second-order valence-corrected chi connectivity index (χ2v) is 5.77. The van der Waals surface area contributed by atoms with Crippen molar-refractivity contribution in [2.45, 2.75) is 32.6 Å². The molecule has 116 valence electrons. The number of benzene rings is 1. The van der Waals surface area contributed by atoms with Crippen LogP contribution in [0, 0.1) is 15.5 Å². The number of nitrogens with zero attached hydrogens (tertiary/aromatic N) is 1. The minimum Gasteiger partial charge on any atom is -0.396 e. The highest BCUT2D eigenvalue weighted by atomic mass is 16.6. The van der Waals surface area contributed by atoms with E-state index in [-0.39, 0.29) is 22.6 Å². The minimum atomic E-state index is -0.386. The molecule has 2 rings (SSSR count). The zero-order valence-electron chi connectivity index (χ0n) is 12.4. The number of aliphatic hydroxyl groups excluding tert-OH is 1. The average molecular weight is 293 g/mol. The second-order valence-electron chi connectivity index (χ2n) is 5.77. The van der Waals surface area contributed by atoms with Gasteiger partial charge < -0.3 is 15.7 Å². The van der Waals surface area contributed by atoms with Crippen LogP contribution in [0.5, 0.6) is 0 Å². The van der Waals surface area contributed by atoms with Crippen molar-refractivity contribution in [1.29, 1.82) is 0 Å². The first-order valence-electron chi connectivity index (χ1n) is 7.47. The summed E-state index contributed by atoms with van der Waals surface area (Å²) in [5.74, 6) is 0. The average Bonchev–Trinajstić information content (AvgIpc) is 2.95. The van der Waals surface area contributed by atoms with E-state index in [0.717, 1.165) is 37.1 Å². The molecule has 0 bridgehead atoms. The van der Waals surface area contributed by atoms with Crippen LogP contribution in [0.25, 0.3) is 0 Å². The quantitative estimate of drug-likeness (QED) is 0.531. The standard InChI is InChI=1S/C15H23N3O3/c1-2-16-12-7-13(9-14(8-12)18(20)21)17-10-15(11-19)5-3-4-6-15/h7-9,16-17,19H,2-6,10-11H2,1H3. The first-order valence-corrected chi connectivity index (χ1v) is 7.47. The van der Waals surface area contributed by atoms with Crippen LogP contribution in [-0.4, -0.2) is 29.7 Å². The van der Waals surface area contributed by atoms with Crippen LogP contribution in [-0.2, 0) is 0 Å². The van der Waals surface area contributed by atoms with Gasteiger partial charge in [-0.25, -0.2) is 0 Å². The molecule has 0 heterocycles. The van der Waals surface area contributed by atoms with Crippen molar-refractivity contribution in [1.82, 2.24) is 0 Å². The Bertz CT molecular complexity index is 499. The summed E-state index contributed by atoms with van der Waals surface area (Å²) in [6.07, 6.45) is 4.29. The molecule has 1 aromatic rings. The number of aliphatic hydroxyl groups is 1. The Kier molecular flexibility index (Phi) is 5.01. The number of non-ortho nitro benzene ring substituents is 1. The zero-order valence-corrected chi connectivity index (χ0v) is 12.4. The van der Waals surface area contributed by atoms with Gasteiger partial charge in [-0.05, 0) is 25.8 Å². The van der Waals surface area contributed by atoms with E-state index in [1.165, 1.54) is 6.07 Å². The summed E-state index contributed by atoms with van der Waals surface area (Å²) in [5.41, 5.74) is 1.45. The molecule has 0 unspecified atom stereocenters. The lowest BCUT2D eigenvalue weighted by Gasteiger charge is -2.27. The van der Waals surface area contributed by atoms with E-state index in [4.69, 9.17) is 0 Å². The van der Waals surface area contributed by atoms with Crippen LogP contribution < -0.4 is 10.6 Å². The maximum Gasteiger partial charge on any atom is 0.273 e. The van der Waals surface area contributed by atoms with Crippen molar-refractivity contribution < 1.29 is 10.0 Å². The van der Waals surface area contributed by atoms with Crippen LogP contribution in [0.3, 0.4) is 0 Å². The van der Waals surface area contributed by atoms with Gasteiger partial charge in [-0.3, -0.25) is 10.1 Å². The number of nitro groups is 1. The highest BCUT2D eigenvalue weighted by molar-refractivity contribution is 5.63. The smallest absolute Gasteiger partial charge is 0.273 e. The topological polar surface area (TPSA) is 87.4 Å². The van der Waals surface area contributed by atoms with Crippen molar-refractivity contribution in [2.24, 2.45) is 5.41 Å². The van der Waals surface area contributed by atoms with Crippen LogP contribution in [0.4, 0.5) is 17.1 Å². The van der Waals surface area contributed by atoms with E-state index in [1.54, 1.807) is 6.07 Å². The Morgan fingerprint density at radius 3 is 2.38 bits per heavy atom. The van der Waals surface area contributed by atoms with Crippen molar-refractivity contribution in [2.75, 3.05) is 30.3 Å². The van der Waals surface area contributed by atoms with Gasteiger partial charge in [0.2, 0.25) is 0 Å². The molecule has 0 saturated heterocycles. The fourth-order valence-corrected chi connectivity index (χ4v) is 2.93. The molecule has 0 atom stereocenters. The molecule has 0 aliphatic heterocycles. The predicted octanol–water partition coefficient (Wildman–Crippen LogP) is 2.99. The number of anilines is 2. The summed E-state index contributed by atoms with van der Waals surface area (Å²) in [5, 5.41) is 27.0. The van der Waals surface area contributed by atoms with Crippen LogP contribution in [0.2, 0.25) is 0 Å². The van der Waals surface area contributed by atoms with Gasteiger partial charge in [0.25, 0.3) is 5.69 Å². The number of nitrogens with one attached hydrogen (secondary N) is 2. The van der Waals surface area contributed by atoms with Gasteiger partial charge in [0.05, 0.1) is 11.5 Å². The molecular weight excluding hydrogens is 270 g/mol. The summed E-state index contributed by atoms with van der Waals surface area (Å²) in [6.45, 7) is 3.47. The third-order valence-electron chi connectivity index (χ3n) is 4.18. The Morgan fingerprint density at radius 2 is 1.86 bits per heavy atom. The van der Waals surface area contributed by atoms with Crippen molar-refractivity contribution in [3.63, 3.8) is 0 Å². The molecule has 1 aliphatic carbocycles.